The molecule has 2 atom stereocenters. The Balaban J connectivity index is 1.83. The van der Waals surface area contributed by atoms with E-state index in [1.54, 1.807) is 6.07 Å². The van der Waals surface area contributed by atoms with Crippen molar-refractivity contribution in [3.8, 4) is 0 Å². The van der Waals surface area contributed by atoms with Crippen LogP contribution in [0.1, 0.15) is 47.9 Å². The van der Waals surface area contributed by atoms with Crippen LogP contribution in [0.15, 0.2) is 42.5 Å². The van der Waals surface area contributed by atoms with Crippen molar-refractivity contribution in [3.63, 3.8) is 0 Å². The predicted octanol–water partition coefficient (Wildman–Crippen LogP) is 5.50. The molecule has 0 radical (unpaired) electrons. The molecular formula is C18H19Cl2N. The van der Waals surface area contributed by atoms with Crippen LogP contribution in [0.4, 0.5) is 0 Å². The Kier molecular flexibility index (Phi) is 4.54. The van der Waals surface area contributed by atoms with Gasteiger partial charge in [0.25, 0.3) is 0 Å². The van der Waals surface area contributed by atoms with Gasteiger partial charge in [0, 0.05) is 6.04 Å². The summed E-state index contributed by atoms with van der Waals surface area (Å²) in [5.74, 6) is 0.514. The van der Waals surface area contributed by atoms with E-state index in [0.717, 1.165) is 12.0 Å². The SMILES string of the molecule is NC(CC1CCCc2ccccc21)c1cccc(Cl)c1Cl. The van der Waals surface area contributed by atoms with Crippen molar-refractivity contribution in [2.75, 3.05) is 0 Å². The van der Waals surface area contributed by atoms with Crippen LogP contribution < -0.4 is 5.73 Å². The van der Waals surface area contributed by atoms with Crippen LogP contribution in [-0.2, 0) is 6.42 Å². The molecule has 0 aliphatic heterocycles. The fraction of sp³-hybridized carbons (Fsp3) is 0.333. The molecule has 1 aliphatic rings. The molecule has 1 aliphatic carbocycles. The summed E-state index contributed by atoms with van der Waals surface area (Å²) in [4.78, 5) is 0. The third-order valence-corrected chi connectivity index (χ3v) is 5.25. The summed E-state index contributed by atoms with van der Waals surface area (Å²) in [6, 6.07) is 14.3. The fourth-order valence-corrected chi connectivity index (χ4v) is 3.79. The third-order valence-electron chi connectivity index (χ3n) is 4.41. The molecule has 0 fully saturated rings. The zero-order chi connectivity index (χ0) is 14.8. The lowest BCUT2D eigenvalue weighted by Crippen LogP contribution is -2.18. The minimum absolute atomic E-state index is 0.0765. The van der Waals surface area contributed by atoms with Crippen molar-refractivity contribution >= 4 is 23.2 Å². The summed E-state index contributed by atoms with van der Waals surface area (Å²) in [5.41, 5.74) is 10.3. The highest BCUT2D eigenvalue weighted by molar-refractivity contribution is 6.42. The van der Waals surface area contributed by atoms with Gasteiger partial charge >= 0.3 is 0 Å². The highest BCUT2D eigenvalue weighted by Crippen LogP contribution is 2.39. The van der Waals surface area contributed by atoms with Gasteiger partial charge in [0.1, 0.15) is 0 Å². The third kappa shape index (κ3) is 3.11. The van der Waals surface area contributed by atoms with Gasteiger partial charge in [-0.25, -0.2) is 0 Å². The zero-order valence-corrected chi connectivity index (χ0v) is 13.4. The molecule has 110 valence electrons. The Bertz CT molecular complexity index is 639. The first kappa shape index (κ1) is 14.9. The smallest absolute Gasteiger partial charge is 0.0640 e. The van der Waals surface area contributed by atoms with Gasteiger partial charge in [-0.15, -0.1) is 0 Å². The van der Waals surface area contributed by atoms with Crippen molar-refractivity contribution in [1.29, 1.82) is 0 Å². The summed E-state index contributed by atoms with van der Waals surface area (Å²) in [5, 5.41) is 1.17. The lowest BCUT2D eigenvalue weighted by Gasteiger charge is -2.28. The van der Waals surface area contributed by atoms with E-state index in [-0.39, 0.29) is 6.04 Å². The van der Waals surface area contributed by atoms with Gasteiger partial charge in [-0.2, -0.15) is 0 Å². The Morgan fingerprint density at radius 2 is 1.90 bits per heavy atom. The van der Waals surface area contributed by atoms with Crippen LogP contribution in [0.3, 0.4) is 0 Å². The summed E-state index contributed by atoms with van der Waals surface area (Å²) in [6.45, 7) is 0. The molecule has 2 N–H and O–H groups in total. The molecule has 21 heavy (non-hydrogen) atoms. The zero-order valence-electron chi connectivity index (χ0n) is 11.9. The number of aryl methyl sites for hydroxylation is 1. The summed E-state index contributed by atoms with van der Waals surface area (Å²) in [7, 11) is 0. The minimum Gasteiger partial charge on any atom is -0.324 e. The van der Waals surface area contributed by atoms with Gasteiger partial charge in [0.15, 0.2) is 0 Å². The molecule has 1 nitrogen and oxygen atoms in total. The first-order valence-electron chi connectivity index (χ1n) is 7.44. The maximum atomic E-state index is 6.41. The van der Waals surface area contributed by atoms with E-state index in [0.29, 0.717) is 16.0 Å². The Hall–Kier alpha value is -1.02. The first-order valence-corrected chi connectivity index (χ1v) is 8.19. The van der Waals surface area contributed by atoms with Crippen molar-refractivity contribution in [2.24, 2.45) is 5.73 Å². The van der Waals surface area contributed by atoms with E-state index in [1.807, 2.05) is 12.1 Å². The number of fused-ring (bicyclic) bond motifs is 1. The largest absolute Gasteiger partial charge is 0.324 e. The molecule has 2 unspecified atom stereocenters. The van der Waals surface area contributed by atoms with Crippen molar-refractivity contribution in [1.82, 2.24) is 0 Å². The van der Waals surface area contributed by atoms with E-state index in [9.17, 15) is 0 Å². The van der Waals surface area contributed by atoms with Crippen LogP contribution in [-0.4, -0.2) is 0 Å². The number of hydrogen-bond acceptors (Lipinski definition) is 1. The van der Waals surface area contributed by atoms with Gasteiger partial charge in [0.05, 0.1) is 10.0 Å². The molecule has 3 rings (SSSR count). The highest BCUT2D eigenvalue weighted by Gasteiger charge is 2.23. The van der Waals surface area contributed by atoms with Crippen molar-refractivity contribution < 1.29 is 0 Å². The fourth-order valence-electron chi connectivity index (χ4n) is 3.34. The second kappa shape index (κ2) is 6.39. The average molecular weight is 320 g/mol. The van der Waals surface area contributed by atoms with Gasteiger partial charge in [-0.3, -0.25) is 0 Å². The standard InChI is InChI=1S/C18H19Cl2N/c19-16-10-4-9-15(18(16)20)17(21)11-13-7-3-6-12-5-1-2-8-14(12)13/h1-2,4-5,8-10,13,17H,3,6-7,11,21H2. The number of hydrogen-bond donors (Lipinski definition) is 1. The van der Waals surface area contributed by atoms with Crippen LogP contribution in [0.2, 0.25) is 10.0 Å². The molecule has 0 bridgehead atoms. The average Bonchev–Trinajstić information content (AvgIpc) is 2.50. The molecule has 0 amide bonds. The predicted molar refractivity (Wildman–Crippen MR) is 90.1 cm³/mol. The summed E-state index contributed by atoms with van der Waals surface area (Å²) < 4.78 is 0. The molecule has 0 saturated carbocycles. The first-order chi connectivity index (χ1) is 10.2. The lowest BCUT2D eigenvalue weighted by atomic mass is 9.79. The minimum atomic E-state index is -0.0765. The highest BCUT2D eigenvalue weighted by atomic mass is 35.5. The maximum Gasteiger partial charge on any atom is 0.0640 e. The van der Waals surface area contributed by atoms with Gasteiger partial charge in [-0.05, 0) is 54.4 Å². The quantitative estimate of drug-likeness (QED) is 0.793. The van der Waals surface area contributed by atoms with Gasteiger partial charge in [-0.1, -0.05) is 59.6 Å². The monoisotopic (exact) mass is 319 g/mol. The van der Waals surface area contributed by atoms with Crippen LogP contribution >= 0.6 is 23.2 Å². The topological polar surface area (TPSA) is 26.0 Å². The van der Waals surface area contributed by atoms with Crippen LogP contribution in [0, 0.1) is 0 Å². The Labute approximate surface area is 136 Å². The van der Waals surface area contributed by atoms with E-state index in [1.165, 1.54) is 30.4 Å². The number of nitrogens with two attached hydrogens (primary N) is 1. The second-order valence-corrected chi connectivity index (χ2v) is 6.56. The van der Waals surface area contributed by atoms with Crippen molar-refractivity contribution in [2.45, 2.75) is 37.6 Å². The van der Waals surface area contributed by atoms with Gasteiger partial charge in [0.2, 0.25) is 0 Å². The van der Waals surface area contributed by atoms with Gasteiger partial charge < -0.3 is 5.73 Å². The normalized spacial score (nSPS) is 19.1. The van der Waals surface area contributed by atoms with Crippen LogP contribution in [0.25, 0.3) is 0 Å². The number of halogens is 2. The van der Waals surface area contributed by atoms with Crippen LogP contribution in [0.5, 0.6) is 0 Å². The second-order valence-electron chi connectivity index (χ2n) is 5.77. The Morgan fingerprint density at radius 1 is 1.10 bits per heavy atom. The lowest BCUT2D eigenvalue weighted by molar-refractivity contribution is 0.476. The number of rotatable bonds is 3. The summed E-state index contributed by atoms with van der Waals surface area (Å²) in [6.07, 6.45) is 4.53. The maximum absolute atomic E-state index is 6.41. The molecule has 0 spiro atoms. The van der Waals surface area contributed by atoms with E-state index >= 15 is 0 Å². The van der Waals surface area contributed by atoms with E-state index < -0.39 is 0 Å². The molecule has 2 aromatic rings. The Morgan fingerprint density at radius 3 is 2.76 bits per heavy atom. The molecule has 3 heteroatoms. The molecule has 0 aromatic heterocycles. The molecule has 0 heterocycles. The molecule has 2 aromatic carbocycles. The molecule has 0 saturated heterocycles. The van der Waals surface area contributed by atoms with Crippen molar-refractivity contribution in [3.05, 3.63) is 69.2 Å². The summed E-state index contributed by atoms with van der Waals surface area (Å²) >= 11 is 12.4. The van der Waals surface area contributed by atoms with E-state index in [4.69, 9.17) is 28.9 Å². The van der Waals surface area contributed by atoms with E-state index in [2.05, 4.69) is 24.3 Å². The number of benzene rings is 2. The molecular weight excluding hydrogens is 301 g/mol.